The van der Waals surface area contributed by atoms with Crippen LogP contribution in [0.25, 0.3) is 0 Å². The Hall–Kier alpha value is -1.52. The van der Waals surface area contributed by atoms with Crippen LogP contribution >= 0.6 is 11.8 Å². The number of phenolic OH excluding ortho intramolecular Hbond substituents is 1. The molecule has 2 rings (SSSR count). The normalized spacial score (nSPS) is 10.5. The van der Waals surface area contributed by atoms with E-state index in [9.17, 15) is 9.90 Å². The van der Waals surface area contributed by atoms with Crippen molar-refractivity contribution in [1.29, 1.82) is 0 Å². The highest BCUT2D eigenvalue weighted by molar-refractivity contribution is 7.99. The summed E-state index contributed by atoms with van der Waals surface area (Å²) < 4.78 is 0. The fraction of sp³-hybridized carbons (Fsp3) is 0.0714. The number of carbonyl (C=O) groups excluding carboxylic acids is 1. The number of carbonyl (C=O) groups is 1. The Bertz CT molecular complexity index is 724. The van der Waals surface area contributed by atoms with Gasteiger partial charge < -0.3 is 10.3 Å². The highest BCUT2D eigenvalue weighted by Crippen LogP contribution is 2.26. The highest BCUT2D eigenvalue weighted by Gasteiger charge is 2.10. The Labute approximate surface area is 138 Å². The predicted molar refractivity (Wildman–Crippen MR) is 104 cm³/mol. The van der Waals surface area contributed by atoms with Crippen molar-refractivity contribution in [3.63, 3.8) is 0 Å². The van der Waals surface area contributed by atoms with Crippen LogP contribution in [0, 0.1) is 0 Å². The molecule has 0 bridgehead atoms. The van der Waals surface area contributed by atoms with E-state index in [2.05, 4.69) is 11.3 Å². The molecule has 0 amide bonds. The maximum absolute atomic E-state index is 12.0. The molecule has 2 N–H and O–H groups in total. The first-order valence-electron chi connectivity index (χ1n) is 7.19. The van der Waals surface area contributed by atoms with Gasteiger partial charge in [-0.2, -0.15) is 0 Å². The lowest BCUT2D eigenvalue weighted by atomic mass is 9.88. The number of Topliss-reactive ketones (excluding diaryl/α,β-unsaturated/α-hetero) is 1. The van der Waals surface area contributed by atoms with E-state index < -0.39 is 0 Å². The van der Waals surface area contributed by atoms with Crippen LogP contribution < -0.4 is 21.6 Å². The lowest BCUT2D eigenvalue weighted by molar-refractivity contribution is 0.0998. The maximum Gasteiger partial charge on any atom is 0.182 e. The SMILES string of the molecule is BNCC(=O)c1ccc(Sc2cc(B)cc(O)c2B)cc1B. The number of ketones is 1. The summed E-state index contributed by atoms with van der Waals surface area (Å²) in [6.45, 7) is 0.345. The summed E-state index contributed by atoms with van der Waals surface area (Å²) >= 11 is 1.60. The first kappa shape index (κ1) is 16.8. The highest BCUT2D eigenvalue weighted by atomic mass is 32.2. The number of hydrogen-bond acceptors (Lipinski definition) is 4. The largest absolute Gasteiger partial charge is 0.509 e. The molecule has 0 aromatic heterocycles. The molecule has 3 nitrogen and oxygen atoms in total. The summed E-state index contributed by atoms with van der Waals surface area (Å²) in [7, 11) is 7.60. The van der Waals surface area contributed by atoms with Crippen molar-refractivity contribution in [1.82, 2.24) is 5.23 Å². The van der Waals surface area contributed by atoms with Gasteiger partial charge in [0, 0.05) is 21.9 Å². The van der Waals surface area contributed by atoms with E-state index >= 15 is 0 Å². The van der Waals surface area contributed by atoms with Gasteiger partial charge in [-0.15, -0.1) is 0 Å². The molecular weight excluding hydrogens is 289 g/mol. The lowest BCUT2D eigenvalue weighted by Gasteiger charge is -2.11. The van der Waals surface area contributed by atoms with Crippen molar-refractivity contribution >= 4 is 65.5 Å². The molecule has 0 saturated carbocycles. The Morgan fingerprint density at radius 1 is 1.18 bits per heavy atom. The third kappa shape index (κ3) is 3.81. The summed E-state index contributed by atoms with van der Waals surface area (Å²) in [5.74, 6) is 0.418. The van der Waals surface area contributed by atoms with Crippen molar-refractivity contribution in [2.45, 2.75) is 9.79 Å². The van der Waals surface area contributed by atoms with E-state index in [1.807, 2.05) is 41.7 Å². The molecule has 0 fully saturated rings. The second-order valence-corrected chi connectivity index (χ2v) is 6.55. The van der Waals surface area contributed by atoms with E-state index in [1.165, 1.54) is 0 Å². The van der Waals surface area contributed by atoms with Gasteiger partial charge in [0.25, 0.3) is 0 Å². The topological polar surface area (TPSA) is 49.3 Å². The molecule has 2 aromatic carbocycles. The Balaban J connectivity index is 2.28. The third-order valence-corrected chi connectivity index (χ3v) is 4.67. The van der Waals surface area contributed by atoms with Crippen molar-refractivity contribution in [2.75, 3.05) is 6.54 Å². The van der Waals surface area contributed by atoms with Crippen LogP contribution in [0.2, 0.25) is 0 Å². The molecule has 8 heteroatoms. The van der Waals surface area contributed by atoms with Crippen LogP contribution in [-0.2, 0) is 0 Å². The number of hydrogen-bond donors (Lipinski definition) is 2. The molecule has 0 saturated heterocycles. The van der Waals surface area contributed by atoms with Crippen LogP contribution in [0.4, 0.5) is 0 Å². The minimum absolute atomic E-state index is 0.0981. The van der Waals surface area contributed by atoms with Crippen LogP contribution in [-0.4, -0.2) is 49.0 Å². The summed E-state index contributed by atoms with van der Waals surface area (Å²) in [5, 5.41) is 12.8. The molecule has 0 heterocycles. The molecule has 0 aliphatic heterocycles. The molecule has 0 radical (unpaired) electrons. The fourth-order valence-corrected chi connectivity index (χ4v) is 3.44. The van der Waals surface area contributed by atoms with E-state index in [0.29, 0.717) is 12.3 Å². The monoisotopic (exact) mass is 307 g/mol. The zero-order chi connectivity index (χ0) is 16.3. The van der Waals surface area contributed by atoms with Gasteiger partial charge in [-0.05, 0) is 17.6 Å². The van der Waals surface area contributed by atoms with Gasteiger partial charge in [0.2, 0.25) is 0 Å². The standard InChI is InChI=1S/C14H17B4NO2S/c15-7-3-11(20)14(17)13(4-7)22-8-1-2-9(10(16)5-8)12(21)6-19-18/h1-5,19-20H,6,15-18H2. The van der Waals surface area contributed by atoms with Gasteiger partial charge in [0.1, 0.15) is 29.3 Å². The number of rotatable bonds is 5. The second-order valence-electron chi connectivity index (χ2n) is 5.44. The van der Waals surface area contributed by atoms with Gasteiger partial charge in [-0.3, -0.25) is 4.79 Å². The third-order valence-electron chi connectivity index (χ3n) is 3.54. The molecule has 0 atom stereocenters. The van der Waals surface area contributed by atoms with E-state index in [0.717, 1.165) is 31.7 Å². The van der Waals surface area contributed by atoms with Crippen LogP contribution in [0.5, 0.6) is 5.75 Å². The second kappa shape index (κ2) is 7.16. The van der Waals surface area contributed by atoms with Crippen molar-refractivity contribution in [3.05, 3.63) is 35.9 Å². The minimum atomic E-state index is 0.0981. The minimum Gasteiger partial charge on any atom is -0.509 e. The molecule has 108 valence electrons. The fourth-order valence-electron chi connectivity index (χ4n) is 2.31. The van der Waals surface area contributed by atoms with Crippen LogP contribution in [0.15, 0.2) is 40.1 Å². The maximum atomic E-state index is 12.0. The number of nitrogens with one attached hydrogen (secondary N) is 1. The Morgan fingerprint density at radius 2 is 1.91 bits per heavy atom. The number of benzene rings is 2. The molecular formula is C14H17B4NO2S. The number of aromatic hydroxyl groups is 1. The van der Waals surface area contributed by atoms with E-state index in [1.54, 1.807) is 25.8 Å². The van der Waals surface area contributed by atoms with Crippen molar-refractivity contribution in [3.8, 4) is 5.75 Å². The van der Waals surface area contributed by atoms with Crippen LogP contribution in [0.1, 0.15) is 10.4 Å². The first-order valence-corrected chi connectivity index (χ1v) is 8.00. The molecule has 2 aromatic rings. The average molecular weight is 307 g/mol. The predicted octanol–water partition coefficient (Wildman–Crippen LogP) is -3.36. The molecule has 0 unspecified atom stereocenters. The Morgan fingerprint density at radius 3 is 2.55 bits per heavy atom. The van der Waals surface area contributed by atoms with E-state index in [-0.39, 0.29) is 5.78 Å². The summed E-state index contributed by atoms with van der Waals surface area (Å²) in [4.78, 5) is 14.1. The van der Waals surface area contributed by atoms with Gasteiger partial charge in [0.05, 0.1) is 0 Å². The smallest absolute Gasteiger partial charge is 0.182 e. The summed E-state index contributed by atoms with van der Waals surface area (Å²) in [5.41, 5.74) is 3.63. The molecule has 0 aliphatic carbocycles. The molecule has 22 heavy (non-hydrogen) atoms. The lowest BCUT2D eigenvalue weighted by Crippen LogP contribution is -2.25. The number of phenols is 1. The van der Waals surface area contributed by atoms with Gasteiger partial charge in [-0.25, -0.2) is 0 Å². The van der Waals surface area contributed by atoms with Gasteiger partial charge >= 0.3 is 0 Å². The van der Waals surface area contributed by atoms with Crippen LogP contribution in [0.3, 0.4) is 0 Å². The molecule has 0 aliphatic rings. The Kier molecular flexibility index (Phi) is 5.48. The van der Waals surface area contributed by atoms with Gasteiger partial charge in [-0.1, -0.05) is 40.9 Å². The van der Waals surface area contributed by atoms with Crippen molar-refractivity contribution < 1.29 is 9.90 Å². The van der Waals surface area contributed by atoms with E-state index in [4.69, 9.17) is 0 Å². The van der Waals surface area contributed by atoms with Crippen molar-refractivity contribution in [2.24, 2.45) is 0 Å². The zero-order valence-electron chi connectivity index (χ0n) is 13.4. The van der Waals surface area contributed by atoms with Gasteiger partial charge in [0.15, 0.2) is 13.8 Å². The summed E-state index contributed by atoms with van der Waals surface area (Å²) in [6, 6.07) is 9.69. The average Bonchev–Trinajstić information content (AvgIpc) is 2.44. The first-order chi connectivity index (χ1) is 10.4. The quantitative estimate of drug-likeness (QED) is 0.448. The molecule has 0 spiro atoms. The zero-order valence-corrected chi connectivity index (χ0v) is 14.2. The summed E-state index contributed by atoms with van der Waals surface area (Å²) in [6.07, 6.45) is 0.